The van der Waals surface area contributed by atoms with Crippen LogP contribution >= 0.6 is 0 Å². The van der Waals surface area contributed by atoms with Gasteiger partial charge < -0.3 is 10.0 Å². The highest BCUT2D eigenvalue weighted by molar-refractivity contribution is 7.89. The number of carbonyl (C=O) groups is 1. The molecule has 1 aromatic rings. The maximum atomic E-state index is 13.3. The lowest BCUT2D eigenvalue weighted by atomic mass is 9.96. The molecule has 1 saturated heterocycles. The van der Waals surface area contributed by atoms with E-state index in [2.05, 4.69) is 0 Å². The largest absolute Gasteiger partial charge is 0.395 e. The zero-order valence-corrected chi connectivity index (χ0v) is 17.9. The molecule has 1 aromatic carbocycles. The molecule has 2 rings (SSSR count). The number of amides is 1. The van der Waals surface area contributed by atoms with Gasteiger partial charge in [-0.15, -0.1) is 0 Å². The lowest BCUT2D eigenvalue weighted by Gasteiger charge is -2.34. The molecule has 0 saturated carbocycles. The van der Waals surface area contributed by atoms with Crippen molar-refractivity contribution in [1.82, 2.24) is 9.21 Å². The van der Waals surface area contributed by atoms with Gasteiger partial charge in [-0.3, -0.25) is 4.79 Å². The average molecular weight is 397 g/mol. The van der Waals surface area contributed by atoms with Gasteiger partial charge in [0.2, 0.25) is 15.9 Å². The molecule has 0 radical (unpaired) electrons. The van der Waals surface area contributed by atoms with E-state index in [4.69, 9.17) is 5.11 Å². The summed E-state index contributed by atoms with van der Waals surface area (Å²) in [7, 11) is -3.59. The van der Waals surface area contributed by atoms with E-state index >= 15 is 0 Å². The number of sulfonamides is 1. The summed E-state index contributed by atoms with van der Waals surface area (Å²) in [6, 6.07) is 2.02. The third kappa shape index (κ3) is 4.36. The molecule has 27 heavy (non-hydrogen) atoms. The van der Waals surface area contributed by atoms with Gasteiger partial charge in [0.1, 0.15) is 0 Å². The Morgan fingerprint density at radius 1 is 1.15 bits per heavy atom. The zero-order chi connectivity index (χ0) is 20.4. The van der Waals surface area contributed by atoms with Crippen LogP contribution in [0.1, 0.15) is 42.0 Å². The van der Waals surface area contributed by atoms with Crippen molar-refractivity contribution in [3.05, 3.63) is 28.3 Å². The molecule has 0 atom stereocenters. The fourth-order valence-corrected chi connectivity index (χ4v) is 5.89. The molecule has 1 N–H and O–H groups in total. The first-order chi connectivity index (χ1) is 12.6. The number of aliphatic hydroxyl groups excluding tert-OH is 1. The lowest BCUT2D eigenvalue weighted by molar-refractivity contribution is -0.137. The SMILES string of the molecule is CCN(CCO)C(=O)C1CCN(S(=O)(=O)c2c(C)c(C)cc(C)c2C)CC1. The minimum absolute atomic E-state index is 0.0161. The molecule has 152 valence electrons. The Morgan fingerprint density at radius 3 is 2.11 bits per heavy atom. The van der Waals surface area contributed by atoms with E-state index in [1.54, 1.807) is 4.90 Å². The molecule has 1 fully saturated rings. The first kappa shape index (κ1) is 21.9. The minimum atomic E-state index is -3.59. The summed E-state index contributed by atoms with van der Waals surface area (Å²) in [5.74, 6) is -0.160. The van der Waals surface area contributed by atoms with Crippen molar-refractivity contribution in [2.75, 3.05) is 32.8 Å². The molecule has 1 heterocycles. The molecule has 1 amide bonds. The second-order valence-electron chi connectivity index (χ2n) is 7.41. The van der Waals surface area contributed by atoms with Gasteiger partial charge in [0.05, 0.1) is 11.5 Å². The highest BCUT2D eigenvalue weighted by Gasteiger charge is 2.35. The summed E-state index contributed by atoms with van der Waals surface area (Å²) in [6.07, 6.45) is 1.03. The second-order valence-corrected chi connectivity index (χ2v) is 9.28. The summed E-state index contributed by atoms with van der Waals surface area (Å²) in [4.78, 5) is 14.7. The van der Waals surface area contributed by atoms with E-state index in [0.29, 0.717) is 43.9 Å². The van der Waals surface area contributed by atoms with Crippen LogP contribution in [0.25, 0.3) is 0 Å². The van der Waals surface area contributed by atoms with Crippen LogP contribution < -0.4 is 0 Å². The van der Waals surface area contributed by atoms with Crippen LogP contribution in [0.3, 0.4) is 0 Å². The smallest absolute Gasteiger partial charge is 0.243 e. The summed E-state index contributed by atoms with van der Waals surface area (Å²) < 4.78 is 28.1. The number of aryl methyl sites for hydroxylation is 2. The van der Waals surface area contributed by atoms with Crippen molar-refractivity contribution in [2.45, 2.75) is 52.4 Å². The average Bonchev–Trinajstić information content (AvgIpc) is 2.64. The first-order valence-corrected chi connectivity index (χ1v) is 11.1. The quantitative estimate of drug-likeness (QED) is 0.799. The zero-order valence-electron chi connectivity index (χ0n) is 17.1. The van der Waals surface area contributed by atoms with E-state index in [0.717, 1.165) is 22.3 Å². The third-order valence-corrected chi connectivity index (χ3v) is 7.93. The summed E-state index contributed by atoms with van der Waals surface area (Å²) in [6.45, 7) is 11.0. The van der Waals surface area contributed by atoms with E-state index in [-0.39, 0.29) is 18.4 Å². The molecular formula is C20H32N2O4S. The van der Waals surface area contributed by atoms with Crippen molar-refractivity contribution < 1.29 is 18.3 Å². The highest BCUT2D eigenvalue weighted by Crippen LogP contribution is 2.31. The lowest BCUT2D eigenvalue weighted by Crippen LogP contribution is -2.45. The fraction of sp³-hybridized carbons (Fsp3) is 0.650. The second kappa shape index (κ2) is 8.71. The van der Waals surface area contributed by atoms with Crippen LogP contribution in [-0.2, 0) is 14.8 Å². The summed E-state index contributed by atoms with van der Waals surface area (Å²) in [5, 5.41) is 9.11. The van der Waals surface area contributed by atoms with Gasteiger partial charge in [-0.05, 0) is 69.7 Å². The predicted octanol–water partition coefficient (Wildman–Crippen LogP) is 2.16. The number of carbonyl (C=O) groups excluding carboxylic acids is 1. The number of benzene rings is 1. The molecule has 6 nitrogen and oxygen atoms in total. The van der Waals surface area contributed by atoms with Crippen LogP contribution in [0.4, 0.5) is 0 Å². The third-order valence-electron chi connectivity index (χ3n) is 5.76. The maximum Gasteiger partial charge on any atom is 0.243 e. The number of rotatable bonds is 6. The number of nitrogens with zero attached hydrogens (tertiary/aromatic N) is 2. The normalized spacial score (nSPS) is 16.5. The fourth-order valence-electron chi connectivity index (χ4n) is 3.84. The Kier molecular flexibility index (Phi) is 7.05. The van der Waals surface area contributed by atoms with Gasteiger partial charge in [0.15, 0.2) is 0 Å². The number of piperidine rings is 1. The Balaban J connectivity index is 2.20. The van der Waals surface area contributed by atoms with Crippen molar-refractivity contribution in [2.24, 2.45) is 5.92 Å². The van der Waals surface area contributed by atoms with Gasteiger partial charge in [-0.25, -0.2) is 8.42 Å². The maximum absolute atomic E-state index is 13.3. The van der Waals surface area contributed by atoms with Crippen molar-refractivity contribution in [1.29, 1.82) is 0 Å². The van der Waals surface area contributed by atoms with Crippen molar-refractivity contribution >= 4 is 15.9 Å². The Bertz CT molecular complexity index is 770. The van der Waals surface area contributed by atoms with Gasteiger partial charge in [-0.1, -0.05) is 6.07 Å². The van der Waals surface area contributed by atoms with Crippen LogP contribution in [0.15, 0.2) is 11.0 Å². The van der Waals surface area contributed by atoms with Gasteiger partial charge in [0.25, 0.3) is 0 Å². The minimum Gasteiger partial charge on any atom is -0.395 e. The molecule has 0 aromatic heterocycles. The van der Waals surface area contributed by atoms with Gasteiger partial charge in [0, 0.05) is 32.1 Å². The summed E-state index contributed by atoms with van der Waals surface area (Å²) in [5.41, 5.74) is 3.56. The van der Waals surface area contributed by atoms with E-state index in [1.807, 2.05) is 40.7 Å². The topological polar surface area (TPSA) is 77.9 Å². The summed E-state index contributed by atoms with van der Waals surface area (Å²) >= 11 is 0. The van der Waals surface area contributed by atoms with E-state index < -0.39 is 10.0 Å². The highest BCUT2D eigenvalue weighted by atomic mass is 32.2. The van der Waals surface area contributed by atoms with E-state index in [1.165, 1.54) is 4.31 Å². The molecule has 1 aliphatic heterocycles. The molecule has 0 unspecified atom stereocenters. The Labute approximate surface area is 163 Å². The van der Waals surface area contributed by atoms with Crippen molar-refractivity contribution in [3.63, 3.8) is 0 Å². The van der Waals surface area contributed by atoms with Gasteiger partial charge in [-0.2, -0.15) is 4.31 Å². The van der Waals surface area contributed by atoms with Gasteiger partial charge >= 0.3 is 0 Å². The van der Waals surface area contributed by atoms with E-state index in [9.17, 15) is 13.2 Å². The van der Waals surface area contributed by atoms with Crippen LogP contribution in [0, 0.1) is 33.6 Å². The predicted molar refractivity (Wildman–Crippen MR) is 106 cm³/mol. The standard InChI is InChI=1S/C20H32N2O4S/c1-6-21(11-12-23)20(24)18-7-9-22(10-8-18)27(25,26)19-16(4)14(2)13-15(3)17(19)5/h13,18,23H,6-12H2,1-5H3. The number of aliphatic hydroxyl groups is 1. The Morgan fingerprint density at radius 2 is 1.67 bits per heavy atom. The van der Waals surface area contributed by atoms with Crippen LogP contribution in [0.2, 0.25) is 0 Å². The first-order valence-electron chi connectivity index (χ1n) is 9.62. The number of hydrogen-bond donors (Lipinski definition) is 1. The van der Waals surface area contributed by atoms with Crippen LogP contribution in [-0.4, -0.2) is 61.4 Å². The van der Waals surface area contributed by atoms with Crippen molar-refractivity contribution in [3.8, 4) is 0 Å². The molecule has 0 aliphatic carbocycles. The van der Waals surface area contributed by atoms with Crippen LogP contribution in [0.5, 0.6) is 0 Å². The molecular weight excluding hydrogens is 364 g/mol. The Hall–Kier alpha value is -1.44. The molecule has 0 bridgehead atoms. The molecule has 1 aliphatic rings. The number of hydrogen-bond acceptors (Lipinski definition) is 4. The molecule has 0 spiro atoms. The molecule has 7 heteroatoms. The number of likely N-dealkylation sites (N-methyl/N-ethyl adjacent to an activating group) is 1. The monoisotopic (exact) mass is 396 g/mol.